The summed E-state index contributed by atoms with van der Waals surface area (Å²) in [5.74, 6) is -0.134. The average molecular weight is 325 g/mol. The van der Waals surface area contributed by atoms with Crippen molar-refractivity contribution in [1.82, 2.24) is 0 Å². The molecule has 1 aromatic carbocycles. The lowest BCUT2D eigenvalue weighted by atomic mass is 9.88. The second-order valence-corrected chi connectivity index (χ2v) is 7.59. The van der Waals surface area contributed by atoms with Crippen LogP contribution in [0.25, 0.3) is 0 Å². The molecule has 0 saturated heterocycles. The number of aliphatic carboxylic acids is 1. The Morgan fingerprint density at radius 1 is 1.36 bits per heavy atom. The molecule has 3 nitrogen and oxygen atoms in total. The highest BCUT2D eigenvalue weighted by Gasteiger charge is 2.27. The van der Waals surface area contributed by atoms with E-state index in [0.29, 0.717) is 23.1 Å². The van der Waals surface area contributed by atoms with Gasteiger partial charge < -0.3 is 9.84 Å². The van der Waals surface area contributed by atoms with Crippen LogP contribution < -0.4 is 4.74 Å². The van der Waals surface area contributed by atoms with Gasteiger partial charge in [-0.25, -0.2) is 0 Å². The lowest BCUT2D eigenvalue weighted by Crippen LogP contribution is -2.23. The summed E-state index contributed by atoms with van der Waals surface area (Å²) in [7, 11) is 0. The first-order valence-corrected chi connectivity index (χ1v) is 8.35. The number of carboxylic acids is 1. The third kappa shape index (κ3) is 4.64. The molecule has 1 aliphatic rings. The fraction of sp³-hybridized carbons (Fsp3) is 0.611. The molecule has 0 aromatic heterocycles. The molecule has 22 heavy (non-hydrogen) atoms. The Morgan fingerprint density at radius 2 is 2.00 bits per heavy atom. The molecule has 0 amide bonds. The number of hydrogen-bond acceptors (Lipinski definition) is 2. The Balaban J connectivity index is 2.17. The molecule has 0 heterocycles. The second kappa shape index (κ2) is 6.91. The van der Waals surface area contributed by atoms with Gasteiger partial charge >= 0.3 is 5.97 Å². The van der Waals surface area contributed by atoms with E-state index in [0.717, 1.165) is 18.4 Å². The quantitative estimate of drug-likeness (QED) is 0.803. The van der Waals surface area contributed by atoms with Gasteiger partial charge in [0.15, 0.2) is 0 Å². The summed E-state index contributed by atoms with van der Waals surface area (Å²) < 4.78 is 5.78. The van der Waals surface area contributed by atoms with E-state index < -0.39 is 11.9 Å². The van der Waals surface area contributed by atoms with Crippen molar-refractivity contribution in [2.45, 2.75) is 64.4 Å². The van der Waals surface area contributed by atoms with Crippen molar-refractivity contribution < 1.29 is 14.6 Å². The summed E-state index contributed by atoms with van der Waals surface area (Å²) in [5, 5.41) is 10.0. The Bertz CT molecular complexity index is 528. The molecular weight excluding hydrogens is 300 g/mol. The number of hydrogen-bond donors (Lipinski definition) is 1. The summed E-state index contributed by atoms with van der Waals surface area (Å²) in [4.78, 5) is 11.6. The van der Waals surface area contributed by atoms with E-state index in [-0.39, 0.29) is 5.60 Å². The first-order chi connectivity index (χ1) is 10.3. The maximum absolute atomic E-state index is 11.6. The highest BCUT2D eigenvalue weighted by molar-refractivity contribution is 6.32. The van der Waals surface area contributed by atoms with E-state index in [1.165, 1.54) is 12.8 Å². The highest BCUT2D eigenvalue weighted by Crippen LogP contribution is 2.37. The van der Waals surface area contributed by atoms with Crippen molar-refractivity contribution >= 4 is 17.6 Å². The Hall–Kier alpha value is -1.22. The topological polar surface area (TPSA) is 46.5 Å². The summed E-state index contributed by atoms with van der Waals surface area (Å²) in [6.07, 6.45) is 5.42. The molecule has 0 radical (unpaired) electrons. The Kier molecular flexibility index (Phi) is 5.38. The minimum atomic E-state index is -0.771. The zero-order valence-electron chi connectivity index (χ0n) is 13.6. The van der Waals surface area contributed by atoms with Gasteiger partial charge in [0.2, 0.25) is 0 Å². The van der Waals surface area contributed by atoms with Gasteiger partial charge in [0.05, 0.1) is 10.9 Å². The van der Waals surface area contributed by atoms with Crippen LogP contribution in [-0.2, 0) is 4.79 Å². The molecular formula is C18H25ClO3. The summed E-state index contributed by atoms with van der Waals surface area (Å²) >= 11 is 6.28. The van der Waals surface area contributed by atoms with Gasteiger partial charge in [-0.3, -0.25) is 4.79 Å². The normalized spacial score (nSPS) is 17.5. The van der Waals surface area contributed by atoms with Crippen LogP contribution in [0.4, 0.5) is 0 Å². The van der Waals surface area contributed by atoms with E-state index in [9.17, 15) is 9.90 Å². The van der Waals surface area contributed by atoms with Crippen molar-refractivity contribution in [1.29, 1.82) is 0 Å². The van der Waals surface area contributed by atoms with Crippen LogP contribution >= 0.6 is 11.6 Å². The van der Waals surface area contributed by atoms with Crippen LogP contribution in [0, 0.1) is 5.92 Å². The molecule has 4 heteroatoms. The third-order valence-corrected chi connectivity index (χ3v) is 4.41. The SMILES string of the molecule is CC(C)(C)Oc1ccc(C(CC2CCCC2)C(=O)O)cc1Cl. The van der Waals surface area contributed by atoms with E-state index in [2.05, 4.69) is 0 Å². The van der Waals surface area contributed by atoms with E-state index in [4.69, 9.17) is 16.3 Å². The van der Waals surface area contributed by atoms with Crippen LogP contribution in [-0.4, -0.2) is 16.7 Å². The largest absolute Gasteiger partial charge is 0.487 e. The van der Waals surface area contributed by atoms with Crippen LogP contribution in [0.15, 0.2) is 18.2 Å². The number of carbonyl (C=O) groups is 1. The first-order valence-electron chi connectivity index (χ1n) is 7.97. The van der Waals surface area contributed by atoms with Crippen LogP contribution in [0.1, 0.15) is 64.4 Å². The van der Waals surface area contributed by atoms with Gasteiger partial charge in [-0.15, -0.1) is 0 Å². The predicted molar refractivity (Wildman–Crippen MR) is 88.8 cm³/mol. The molecule has 1 N–H and O–H groups in total. The van der Waals surface area contributed by atoms with Gasteiger partial charge in [0.1, 0.15) is 11.4 Å². The summed E-state index contributed by atoms with van der Waals surface area (Å²) in [6.45, 7) is 5.87. The van der Waals surface area contributed by atoms with E-state index in [1.54, 1.807) is 12.1 Å². The van der Waals surface area contributed by atoms with E-state index in [1.807, 2.05) is 26.8 Å². The van der Waals surface area contributed by atoms with E-state index >= 15 is 0 Å². The second-order valence-electron chi connectivity index (χ2n) is 7.18. The summed E-state index contributed by atoms with van der Waals surface area (Å²) in [5.41, 5.74) is 0.437. The monoisotopic (exact) mass is 324 g/mol. The molecule has 1 atom stereocenters. The maximum atomic E-state index is 11.6. The van der Waals surface area contributed by atoms with Gasteiger partial charge in [-0.05, 0) is 50.8 Å². The fourth-order valence-electron chi connectivity index (χ4n) is 3.11. The third-order valence-electron chi connectivity index (χ3n) is 4.12. The number of halogens is 1. The average Bonchev–Trinajstić information content (AvgIpc) is 2.89. The zero-order chi connectivity index (χ0) is 16.3. The first kappa shape index (κ1) is 17.1. The fourth-order valence-corrected chi connectivity index (χ4v) is 3.33. The lowest BCUT2D eigenvalue weighted by molar-refractivity contribution is -0.139. The van der Waals surface area contributed by atoms with Gasteiger partial charge in [0.25, 0.3) is 0 Å². The highest BCUT2D eigenvalue weighted by atomic mass is 35.5. The summed E-state index contributed by atoms with van der Waals surface area (Å²) in [6, 6.07) is 5.37. The smallest absolute Gasteiger partial charge is 0.310 e. The standard InChI is InChI=1S/C18H25ClO3/c1-18(2,3)22-16-9-8-13(11-15(16)19)14(17(20)21)10-12-6-4-5-7-12/h8-9,11-12,14H,4-7,10H2,1-3H3,(H,20,21). The number of rotatable bonds is 5. The molecule has 1 fully saturated rings. The molecule has 0 aliphatic heterocycles. The van der Waals surface area contributed by atoms with Crippen molar-refractivity contribution in [3.8, 4) is 5.75 Å². The maximum Gasteiger partial charge on any atom is 0.310 e. The molecule has 0 spiro atoms. The molecule has 0 bridgehead atoms. The molecule has 1 aromatic rings. The van der Waals surface area contributed by atoms with Gasteiger partial charge in [0, 0.05) is 0 Å². The minimum absolute atomic E-state index is 0.332. The van der Waals surface area contributed by atoms with Crippen molar-refractivity contribution in [2.24, 2.45) is 5.92 Å². The molecule has 122 valence electrons. The number of ether oxygens (including phenoxy) is 1. The van der Waals surface area contributed by atoms with Gasteiger partial charge in [-0.2, -0.15) is 0 Å². The molecule has 2 rings (SSSR count). The number of carboxylic acid groups (broad SMARTS) is 1. The van der Waals surface area contributed by atoms with Crippen molar-refractivity contribution in [3.05, 3.63) is 28.8 Å². The Labute approximate surface area is 137 Å². The number of benzene rings is 1. The van der Waals surface area contributed by atoms with Gasteiger partial charge in [-0.1, -0.05) is 43.4 Å². The molecule has 1 saturated carbocycles. The molecule has 1 aliphatic carbocycles. The minimum Gasteiger partial charge on any atom is -0.487 e. The van der Waals surface area contributed by atoms with Crippen LogP contribution in [0.2, 0.25) is 5.02 Å². The zero-order valence-corrected chi connectivity index (χ0v) is 14.3. The Morgan fingerprint density at radius 3 is 2.50 bits per heavy atom. The van der Waals surface area contributed by atoms with Crippen molar-refractivity contribution in [3.63, 3.8) is 0 Å². The van der Waals surface area contributed by atoms with Crippen LogP contribution in [0.5, 0.6) is 5.75 Å². The van der Waals surface area contributed by atoms with Crippen LogP contribution in [0.3, 0.4) is 0 Å². The molecule has 1 unspecified atom stereocenters. The predicted octanol–water partition coefficient (Wildman–Crippen LogP) is 5.27. The lowest BCUT2D eigenvalue weighted by Gasteiger charge is -2.23. The van der Waals surface area contributed by atoms with Crippen molar-refractivity contribution in [2.75, 3.05) is 0 Å².